The van der Waals surface area contributed by atoms with Crippen LogP contribution in [-0.4, -0.2) is 38.4 Å². The van der Waals surface area contributed by atoms with Gasteiger partial charge in [0, 0.05) is 25.7 Å². The number of amides is 2. The van der Waals surface area contributed by atoms with Crippen LogP contribution >= 0.6 is 0 Å². The number of hydrogen-bond donors (Lipinski definition) is 2. The summed E-state index contributed by atoms with van der Waals surface area (Å²) >= 11 is 0. The number of halogens is 2. The Morgan fingerprint density at radius 1 is 1.35 bits per heavy atom. The van der Waals surface area contributed by atoms with Gasteiger partial charge in [0.2, 0.25) is 5.91 Å². The summed E-state index contributed by atoms with van der Waals surface area (Å²) in [5.41, 5.74) is 0.607. The molecular formula is C16H20F2N6O2. The fraction of sp³-hybridized carbons (Fsp3) is 0.500. The Morgan fingerprint density at radius 2 is 2.08 bits per heavy atom. The third-order valence-corrected chi connectivity index (χ3v) is 4.14. The van der Waals surface area contributed by atoms with E-state index in [0.29, 0.717) is 12.2 Å². The molecule has 0 unspecified atom stereocenters. The molecule has 0 atom stereocenters. The highest BCUT2D eigenvalue weighted by atomic mass is 19.3. The lowest BCUT2D eigenvalue weighted by Gasteiger charge is -2.07. The summed E-state index contributed by atoms with van der Waals surface area (Å²) in [6, 6.07) is 1.36. The predicted molar refractivity (Wildman–Crippen MR) is 89.1 cm³/mol. The number of nitrogens with one attached hydrogen (secondary N) is 2. The first kappa shape index (κ1) is 18.0. The SMILES string of the molecule is CCn1cc(NC(=O)Cn2nc(C3CC3)cc2C(F)F)c(C(=O)NC)n1. The molecule has 0 aliphatic heterocycles. The first-order chi connectivity index (χ1) is 12.4. The number of aryl methyl sites for hydroxylation is 1. The van der Waals surface area contributed by atoms with Crippen LogP contribution in [0.1, 0.15) is 54.0 Å². The minimum absolute atomic E-state index is 0.0657. The summed E-state index contributed by atoms with van der Waals surface area (Å²) in [4.78, 5) is 24.2. The molecule has 0 radical (unpaired) electrons. The molecule has 26 heavy (non-hydrogen) atoms. The number of rotatable bonds is 7. The fourth-order valence-corrected chi connectivity index (χ4v) is 2.62. The second-order valence-corrected chi connectivity index (χ2v) is 6.10. The van der Waals surface area contributed by atoms with Crippen molar-refractivity contribution in [3.63, 3.8) is 0 Å². The summed E-state index contributed by atoms with van der Waals surface area (Å²) < 4.78 is 28.9. The monoisotopic (exact) mass is 366 g/mol. The van der Waals surface area contributed by atoms with Crippen LogP contribution in [0.3, 0.4) is 0 Å². The molecule has 0 bridgehead atoms. The van der Waals surface area contributed by atoms with Gasteiger partial charge in [-0.05, 0) is 25.8 Å². The largest absolute Gasteiger partial charge is 0.354 e. The lowest BCUT2D eigenvalue weighted by atomic mass is 10.3. The van der Waals surface area contributed by atoms with Gasteiger partial charge in [0.05, 0.1) is 11.4 Å². The number of nitrogens with zero attached hydrogens (tertiary/aromatic N) is 4. The summed E-state index contributed by atoms with van der Waals surface area (Å²) in [6.07, 6.45) is 0.664. The van der Waals surface area contributed by atoms with Crippen LogP contribution in [0.25, 0.3) is 0 Å². The standard InChI is InChI=1S/C16H20F2N6O2/c1-3-23-7-11(14(22-23)16(26)19-2)20-13(25)8-24-12(15(17)18)6-10(21-24)9-4-5-9/h6-7,9,15H,3-5,8H2,1-2H3,(H,19,26)(H,20,25). The molecule has 10 heteroatoms. The van der Waals surface area contributed by atoms with Crippen LogP contribution in [-0.2, 0) is 17.9 Å². The van der Waals surface area contributed by atoms with Crippen LogP contribution in [0, 0.1) is 0 Å². The normalized spacial score (nSPS) is 13.9. The Kier molecular flexibility index (Phi) is 5.01. The molecule has 0 spiro atoms. The quantitative estimate of drug-likeness (QED) is 0.783. The zero-order valence-electron chi connectivity index (χ0n) is 14.5. The number of anilines is 1. The molecule has 2 heterocycles. The van der Waals surface area contributed by atoms with Gasteiger partial charge in [-0.1, -0.05) is 0 Å². The maximum Gasteiger partial charge on any atom is 0.280 e. The predicted octanol–water partition coefficient (Wildman–Crippen LogP) is 1.91. The van der Waals surface area contributed by atoms with E-state index in [1.54, 1.807) is 0 Å². The topological polar surface area (TPSA) is 93.8 Å². The summed E-state index contributed by atoms with van der Waals surface area (Å²) in [7, 11) is 1.46. The first-order valence-corrected chi connectivity index (χ1v) is 8.38. The molecule has 1 fully saturated rings. The van der Waals surface area contributed by atoms with E-state index in [4.69, 9.17) is 0 Å². The molecule has 2 aromatic rings. The van der Waals surface area contributed by atoms with Crippen molar-refractivity contribution in [3.8, 4) is 0 Å². The molecule has 2 aromatic heterocycles. The second-order valence-electron chi connectivity index (χ2n) is 6.10. The van der Waals surface area contributed by atoms with Crippen molar-refractivity contribution in [3.05, 3.63) is 29.3 Å². The van der Waals surface area contributed by atoms with Crippen LogP contribution in [0.4, 0.5) is 14.5 Å². The van der Waals surface area contributed by atoms with Gasteiger partial charge in [-0.25, -0.2) is 8.78 Å². The van der Waals surface area contributed by atoms with Crippen molar-refractivity contribution < 1.29 is 18.4 Å². The van der Waals surface area contributed by atoms with Crippen molar-refractivity contribution in [1.82, 2.24) is 24.9 Å². The fourth-order valence-electron chi connectivity index (χ4n) is 2.62. The molecule has 8 nitrogen and oxygen atoms in total. The van der Waals surface area contributed by atoms with Gasteiger partial charge < -0.3 is 10.6 Å². The molecule has 1 saturated carbocycles. The Labute approximate surface area is 148 Å². The van der Waals surface area contributed by atoms with Crippen molar-refractivity contribution in [2.24, 2.45) is 0 Å². The highest BCUT2D eigenvalue weighted by Crippen LogP contribution is 2.40. The Bertz CT molecular complexity index is 825. The molecule has 0 saturated heterocycles. The van der Waals surface area contributed by atoms with Gasteiger partial charge in [0.15, 0.2) is 5.69 Å². The molecule has 0 aromatic carbocycles. The summed E-state index contributed by atoms with van der Waals surface area (Å²) in [5.74, 6) is -0.798. The first-order valence-electron chi connectivity index (χ1n) is 8.38. The van der Waals surface area contributed by atoms with E-state index in [1.165, 1.54) is 24.0 Å². The van der Waals surface area contributed by atoms with Crippen LogP contribution in [0.15, 0.2) is 12.3 Å². The Hall–Kier alpha value is -2.78. The smallest absolute Gasteiger partial charge is 0.280 e. The molecule has 3 rings (SSSR count). The zero-order valence-corrected chi connectivity index (χ0v) is 14.5. The van der Waals surface area contributed by atoms with E-state index in [9.17, 15) is 18.4 Å². The molecule has 1 aliphatic carbocycles. The third kappa shape index (κ3) is 3.73. The highest BCUT2D eigenvalue weighted by Gasteiger charge is 2.29. The summed E-state index contributed by atoms with van der Waals surface area (Å²) in [5, 5.41) is 13.2. The van der Waals surface area contributed by atoms with Crippen molar-refractivity contribution in [1.29, 1.82) is 0 Å². The lowest BCUT2D eigenvalue weighted by Crippen LogP contribution is -2.24. The van der Waals surface area contributed by atoms with E-state index in [-0.39, 0.29) is 29.5 Å². The van der Waals surface area contributed by atoms with Gasteiger partial charge in [-0.3, -0.25) is 19.0 Å². The second kappa shape index (κ2) is 7.22. The zero-order chi connectivity index (χ0) is 18.8. The van der Waals surface area contributed by atoms with Crippen LogP contribution in [0.2, 0.25) is 0 Å². The Morgan fingerprint density at radius 3 is 2.65 bits per heavy atom. The molecule has 140 valence electrons. The van der Waals surface area contributed by atoms with Crippen LogP contribution in [0.5, 0.6) is 0 Å². The number of aromatic nitrogens is 4. The Balaban J connectivity index is 1.77. The maximum absolute atomic E-state index is 13.2. The highest BCUT2D eigenvalue weighted by molar-refractivity contribution is 6.02. The lowest BCUT2D eigenvalue weighted by molar-refractivity contribution is -0.117. The maximum atomic E-state index is 13.2. The van der Waals surface area contributed by atoms with Crippen molar-refractivity contribution in [2.75, 3.05) is 12.4 Å². The van der Waals surface area contributed by atoms with Gasteiger partial charge in [0.25, 0.3) is 12.3 Å². The molecule has 1 aliphatic rings. The number of carbonyl (C=O) groups is 2. The molecule has 2 amide bonds. The van der Waals surface area contributed by atoms with E-state index in [1.807, 2.05) is 6.92 Å². The van der Waals surface area contributed by atoms with Gasteiger partial charge >= 0.3 is 0 Å². The van der Waals surface area contributed by atoms with Gasteiger partial charge in [-0.2, -0.15) is 10.2 Å². The molecular weight excluding hydrogens is 346 g/mol. The van der Waals surface area contributed by atoms with Crippen LogP contribution < -0.4 is 10.6 Å². The average Bonchev–Trinajstić information content (AvgIpc) is 3.25. The van der Waals surface area contributed by atoms with Gasteiger partial charge in [-0.15, -0.1) is 0 Å². The minimum Gasteiger partial charge on any atom is -0.354 e. The van der Waals surface area contributed by atoms with Crippen molar-refractivity contribution >= 4 is 17.5 Å². The third-order valence-electron chi connectivity index (χ3n) is 4.14. The van der Waals surface area contributed by atoms with E-state index in [2.05, 4.69) is 20.8 Å². The number of carbonyl (C=O) groups excluding carboxylic acids is 2. The van der Waals surface area contributed by atoms with Gasteiger partial charge in [0.1, 0.15) is 12.2 Å². The van der Waals surface area contributed by atoms with E-state index in [0.717, 1.165) is 17.5 Å². The number of alkyl halides is 2. The van der Waals surface area contributed by atoms with E-state index < -0.39 is 18.2 Å². The average molecular weight is 366 g/mol. The minimum atomic E-state index is -2.72. The summed E-state index contributed by atoms with van der Waals surface area (Å²) in [6.45, 7) is 1.99. The number of hydrogen-bond acceptors (Lipinski definition) is 4. The molecule has 2 N–H and O–H groups in total. The van der Waals surface area contributed by atoms with E-state index >= 15 is 0 Å². The van der Waals surface area contributed by atoms with Crippen molar-refractivity contribution in [2.45, 2.75) is 45.2 Å².